The highest BCUT2D eigenvalue weighted by Gasteiger charge is 2.27. The van der Waals surface area contributed by atoms with Crippen LogP contribution in [0.2, 0.25) is 0 Å². The molecule has 1 heterocycles. The fourth-order valence-corrected chi connectivity index (χ4v) is 2.76. The van der Waals surface area contributed by atoms with E-state index in [1.165, 1.54) is 0 Å². The van der Waals surface area contributed by atoms with Crippen LogP contribution in [-0.2, 0) is 4.79 Å². The zero-order valence-corrected chi connectivity index (χ0v) is 13.4. The number of likely N-dealkylation sites (tertiary alicyclic amines) is 1. The van der Waals surface area contributed by atoms with Crippen LogP contribution in [0, 0.1) is 12.8 Å². The third-order valence-electron chi connectivity index (χ3n) is 3.80. The SMILES string of the molecule is CNC(=O)C1CCN(C(=O)c2ccc(Br)c(C)c2)CC1. The number of halogens is 1. The Kier molecular flexibility index (Phi) is 4.81. The van der Waals surface area contributed by atoms with E-state index in [4.69, 9.17) is 0 Å². The molecule has 1 aliphatic heterocycles. The van der Waals surface area contributed by atoms with E-state index in [1.54, 1.807) is 7.05 Å². The van der Waals surface area contributed by atoms with Crippen molar-refractivity contribution in [2.24, 2.45) is 5.92 Å². The Hall–Kier alpha value is -1.36. The molecule has 1 aromatic carbocycles. The zero-order chi connectivity index (χ0) is 14.7. The number of nitrogens with one attached hydrogen (secondary N) is 1. The fraction of sp³-hybridized carbons (Fsp3) is 0.467. The summed E-state index contributed by atoms with van der Waals surface area (Å²) in [5, 5.41) is 2.68. The number of hydrogen-bond acceptors (Lipinski definition) is 2. The minimum atomic E-state index is 0.0377. The maximum absolute atomic E-state index is 12.4. The summed E-state index contributed by atoms with van der Waals surface area (Å²) in [6.45, 7) is 3.26. The van der Waals surface area contributed by atoms with Gasteiger partial charge in [0.25, 0.3) is 5.91 Å². The van der Waals surface area contributed by atoms with E-state index in [2.05, 4.69) is 21.2 Å². The number of carbonyl (C=O) groups is 2. The molecule has 0 saturated carbocycles. The first-order valence-electron chi connectivity index (χ1n) is 6.80. The minimum absolute atomic E-state index is 0.0377. The highest BCUT2D eigenvalue weighted by Crippen LogP contribution is 2.21. The predicted molar refractivity (Wildman–Crippen MR) is 81.6 cm³/mol. The molecular weight excluding hydrogens is 320 g/mol. The summed E-state index contributed by atoms with van der Waals surface area (Å²) in [5.74, 6) is 0.170. The first kappa shape index (κ1) is 15.0. The van der Waals surface area contributed by atoms with Gasteiger partial charge in [-0.15, -0.1) is 0 Å². The Morgan fingerprint density at radius 1 is 1.30 bits per heavy atom. The third-order valence-corrected chi connectivity index (χ3v) is 4.69. The normalized spacial score (nSPS) is 16.1. The molecule has 2 rings (SSSR count). The summed E-state index contributed by atoms with van der Waals surface area (Å²) in [7, 11) is 1.66. The van der Waals surface area contributed by atoms with E-state index in [-0.39, 0.29) is 17.7 Å². The molecule has 1 fully saturated rings. The van der Waals surface area contributed by atoms with Crippen molar-refractivity contribution in [1.29, 1.82) is 0 Å². The van der Waals surface area contributed by atoms with Crippen molar-refractivity contribution < 1.29 is 9.59 Å². The molecule has 1 saturated heterocycles. The van der Waals surface area contributed by atoms with Gasteiger partial charge in [-0.25, -0.2) is 0 Å². The van der Waals surface area contributed by atoms with Crippen molar-refractivity contribution in [3.8, 4) is 0 Å². The molecule has 0 aliphatic carbocycles. The van der Waals surface area contributed by atoms with Gasteiger partial charge in [-0.05, 0) is 43.5 Å². The van der Waals surface area contributed by atoms with Crippen LogP contribution in [0.15, 0.2) is 22.7 Å². The Morgan fingerprint density at radius 2 is 1.95 bits per heavy atom. The lowest BCUT2D eigenvalue weighted by molar-refractivity contribution is -0.125. The van der Waals surface area contributed by atoms with Crippen LogP contribution >= 0.6 is 15.9 Å². The second-order valence-corrected chi connectivity index (χ2v) is 6.00. The van der Waals surface area contributed by atoms with Gasteiger partial charge in [0, 0.05) is 36.1 Å². The minimum Gasteiger partial charge on any atom is -0.359 e. The van der Waals surface area contributed by atoms with Crippen molar-refractivity contribution in [3.63, 3.8) is 0 Å². The van der Waals surface area contributed by atoms with Gasteiger partial charge in [-0.3, -0.25) is 9.59 Å². The number of nitrogens with zero attached hydrogens (tertiary/aromatic N) is 1. The number of rotatable bonds is 2. The van der Waals surface area contributed by atoms with E-state index in [1.807, 2.05) is 30.0 Å². The molecule has 0 atom stereocenters. The molecule has 0 bridgehead atoms. The monoisotopic (exact) mass is 338 g/mol. The van der Waals surface area contributed by atoms with Gasteiger partial charge in [-0.2, -0.15) is 0 Å². The number of piperidine rings is 1. The van der Waals surface area contributed by atoms with Gasteiger partial charge < -0.3 is 10.2 Å². The maximum Gasteiger partial charge on any atom is 0.253 e. The van der Waals surface area contributed by atoms with Gasteiger partial charge in [0.2, 0.25) is 5.91 Å². The Morgan fingerprint density at radius 3 is 2.50 bits per heavy atom. The molecule has 0 radical (unpaired) electrons. The summed E-state index contributed by atoms with van der Waals surface area (Å²) in [4.78, 5) is 25.8. The van der Waals surface area contributed by atoms with Crippen LogP contribution in [0.1, 0.15) is 28.8 Å². The van der Waals surface area contributed by atoms with Crippen LogP contribution in [0.25, 0.3) is 0 Å². The highest BCUT2D eigenvalue weighted by molar-refractivity contribution is 9.10. The molecule has 5 heteroatoms. The summed E-state index contributed by atoms with van der Waals surface area (Å²) in [6, 6.07) is 5.64. The predicted octanol–water partition coefficient (Wildman–Crippen LogP) is 2.36. The smallest absolute Gasteiger partial charge is 0.253 e. The summed E-state index contributed by atoms with van der Waals surface area (Å²) in [5.41, 5.74) is 1.76. The lowest BCUT2D eigenvalue weighted by Gasteiger charge is -2.31. The van der Waals surface area contributed by atoms with Crippen LogP contribution < -0.4 is 5.32 Å². The topological polar surface area (TPSA) is 49.4 Å². The molecule has 0 unspecified atom stereocenters. The average Bonchev–Trinajstić information content (AvgIpc) is 2.48. The second-order valence-electron chi connectivity index (χ2n) is 5.14. The molecule has 1 N–H and O–H groups in total. The largest absolute Gasteiger partial charge is 0.359 e. The van der Waals surface area contributed by atoms with Gasteiger partial charge in [0.15, 0.2) is 0 Å². The van der Waals surface area contributed by atoms with Gasteiger partial charge in [0.1, 0.15) is 0 Å². The fourth-order valence-electron chi connectivity index (χ4n) is 2.51. The molecule has 1 aromatic rings. The highest BCUT2D eigenvalue weighted by atomic mass is 79.9. The van der Waals surface area contributed by atoms with Crippen LogP contribution in [0.5, 0.6) is 0 Å². The van der Waals surface area contributed by atoms with Crippen molar-refractivity contribution in [2.45, 2.75) is 19.8 Å². The molecule has 108 valence electrons. The molecule has 2 amide bonds. The molecule has 20 heavy (non-hydrogen) atoms. The number of aryl methyl sites for hydroxylation is 1. The number of carbonyl (C=O) groups excluding carboxylic acids is 2. The van der Waals surface area contributed by atoms with Crippen LogP contribution in [-0.4, -0.2) is 36.9 Å². The van der Waals surface area contributed by atoms with Gasteiger partial charge in [0.05, 0.1) is 0 Å². The van der Waals surface area contributed by atoms with Crippen LogP contribution in [0.4, 0.5) is 0 Å². The Labute approximate surface area is 127 Å². The average molecular weight is 339 g/mol. The van der Waals surface area contributed by atoms with Crippen molar-refractivity contribution in [3.05, 3.63) is 33.8 Å². The number of hydrogen-bond donors (Lipinski definition) is 1. The molecule has 0 aromatic heterocycles. The molecule has 4 nitrogen and oxygen atoms in total. The zero-order valence-electron chi connectivity index (χ0n) is 11.8. The van der Waals surface area contributed by atoms with Gasteiger partial charge >= 0.3 is 0 Å². The van der Waals surface area contributed by atoms with Crippen molar-refractivity contribution >= 4 is 27.7 Å². The second kappa shape index (κ2) is 6.39. The third kappa shape index (κ3) is 3.20. The summed E-state index contributed by atoms with van der Waals surface area (Å²) < 4.78 is 1.01. The quantitative estimate of drug-likeness (QED) is 0.899. The summed E-state index contributed by atoms with van der Waals surface area (Å²) >= 11 is 3.44. The van der Waals surface area contributed by atoms with E-state index in [9.17, 15) is 9.59 Å². The lowest BCUT2D eigenvalue weighted by atomic mass is 9.95. The van der Waals surface area contributed by atoms with E-state index < -0.39 is 0 Å². The number of amides is 2. The summed E-state index contributed by atoms with van der Waals surface area (Å²) in [6.07, 6.45) is 1.47. The molecule has 0 spiro atoms. The Bertz CT molecular complexity index is 523. The first-order chi connectivity index (χ1) is 9.52. The van der Waals surface area contributed by atoms with E-state index in [0.29, 0.717) is 18.7 Å². The van der Waals surface area contributed by atoms with E-state index in [0.717, 1.165) is 22.9 Å². The van der Waals surface area contributed by atoms with Crippen molar-refractivity contribution in [1.82, 2.24) is 10.2 Å². The molecule has 1 aliphatic rings. The first-order valence-corrected chi connectivity index (χ1v) is 7.59. The maximum atomic E-state index is 12.4. The van der Waals surface area contributed by atoms with Crippen molar-refractivity contribution in [2.75, 3.05) is 20.1 Å². The lowest BCUT2D eigenvalue weighted by Crippen LogP contribution is -2.42. The number of benzene rings is 1. The van der Waals surface area contributed by atoms with E-state index >= 15 is 0 Å². The van der Waals surface area contributed by atoms with Crippen LogP contribution in [0.3, 0.4) is 0 Å². The Balaban J connectivity index is 2.01. The molecular formula is C15H19BrN2O2. The van der Waals surface area contributed by atoms with Gasteiger partial charge in [-0.1, -0.05) is 15.9 Å². The standard InChI is InChI=1S/C15H19BrN2O2/c1-10-9-12(3-4-13(10)16)15(20)18-7-5-11(6-8-18)14(19)17-2/h3-4,9,11H,5-8H2,1-2H3,(H,17,19).